The van der Waals surface area contributed by atoms with Crippen molar-refractivity contribution in [2.75, 3.05) is 19.0 Å². The molecule has 0 aromatic carbocycles. The Hall–Kier alpha value is -1.26. The van der Waals surface area contributed by atoms with Crippen LogP contribution in [0.3, 0.4) is 0 Å². The van der Waals surface area contributed by atoms with Crippen LogP contribution in [0.15, 0.2) is 20.3 Å². The van der Waals surface area contributed by atoms with Crippen LogP contribution in [0.25, 0.3) is 11.0 Å². The average Bonchev–Trinajstić information content (AvgIpc) is 2.97. The van der Waals surface area contributed by atoms with Crippen LogP contribution >= 0.6 is 39.0 Å². The minimum atomic E-state index is 0.732. The fourth-order valence-electron chi connectivity index (χ4n) is 1.60. The molecule has 3 aromatic rings. The van der Waals surface area contributed by atoms with Gasteiger partial charge in [0.05, 0.1) is 5.39 Å². The molecule has 0 bridgehead atoms. The highest BCUT2D eigenvalue weighted by Gasteiger charge is 2.16. The molecular weight excluding hydrogens is 362 g/mol. The van der Waals surface area contributed by atoms with E-state index in [4.69, 9.17) is 0 Å². The van der Waals surface area contributed by atoms with Crippen LogP contribution in [0, 0.1) is 0 Å². The molecule has 0 unspecified atom stereocenters. The number of hydrogen-bond donors (Lipinski definition) is 0. The fraction of sp³-hybridized carbons (Fsp3) is 0.300. The second-order valence-corrected chi connectivity index (χ2v) is 7.08. The maximum Gasteiger partial charge on any atom is 0.208 e. The molecule has 20 heavy (non-hydrogen) atoms. The van der Waals surface area contributed by atoms with Crippen molar-refractivity contribution in [1.29, 1.82) is 0 Å². The second kappa shape index (κ2) is 5.26. The first kappa shape index (κ1) is 13.7. The summed E-state index contributed by atoms with van der Waals surface area (Å²) in [6.45, 7) is 0. The Bertz CT molecular complexity index is 766. The van der Waals surface area contributed by atoms with E-state index in [0.29, 0.717) is 0 Å². The molecule has 10 heteroatoms. The van der Waals surface area contributed by atoms with E-state index in [2.05, 4.69) is 41.2 Å². The third-order valence-electron chi connectivity index (χ3n) is 2.51. The quantitative estimate of drug-likeness (QED) is 0.653. The molecule has 0 aliphatic rings. The SMILES string of the molecule is CN(C)c1nnc(Sc2ncnc3c2c(Br)nn3C)s1. The molecular formula is C10H10BrN7S2. The number of anilines is 1. The summed E-state index contributed by atoms with van der Waals surface area (Å²) in [5, 5.41) is 15.2. The van der Waals surface area contributed by atoms with Gasteiger partial charge >= 0.3 is 0 Å². The Morgan fingerprint density at radius 1 is 1.30 bits per heavy atom. The summed E-state index contributed by atoms with van der Waals surface area (Å²) in [5.74, 6) is 0. The van der Waals surface area contributed by atoms with Gasteiger partial charge in [-0.3, -0.25) is 0 Å². The lowest BCUT2D eigenvalue weighted by atomic mass is 10.4. The van der Waals surface area contributed by atoms with Gasteiger partial charge in [-0.2, -0.15) is 5.10 Å². The molecule has 104 valence electrons. The lowest BCUT2D eigenvalue weighted by Gasteiger charge is -2.03. The van der Waals surface area contributed by atoms with Gasteiger partial charge < -0.3 is 4.90 Å². The van der Waals surface area contributed by atoms with Crippen molar-refractivity contribution in [2.24, 2.45) is 7.05 Å². The molecule has 0 amide bonds. The second-order valence-electron chi connectivity index (χ2n) is 4.14. The predicted octanol–water partition coefficient (Wildman–Crippen LogP) is 2.19. The highest BCUT2D eigenvalue weighted by molar-refractivity contribution is 9.10. The van der Waals surface area contributed by atoms with E-state index < -0.39 is 0 Å². The van der Waals surface area contributed by atoms with Crippen molar-refractivity contribution >= 4 is 55.2 Å². The molecule has 3 heterocycles. The van der Waals surface area contributed by atoms with E-state index in [-0.39, 0.29) is 0 Å². The predicted molar refractivity (Wildman–Crippen MR) is 82.4 cm³/mol. The summed E-state index contributed by atoms with van der Waals surface area (Å²) >= 11 is 6.43. The molecule has 0 spiro atoms. The Balaban J connectivity index is 2.02. The van der Waals surface area contributed by atoms with Gasteiger partial charge in [-0.15, -0.1) is 10.2 Å². The first-order valence-electron chi connectivity index (χ1n) is 5.58. The van der Waals surface area contributed by atoms with Crippen LogP contribution < -0.4 is 4.90 Å². The van der Waals surface area contributed by atoms with E-state index in [0.717, 1.165) is 30.1 Å². The molecule has 0 fully saturated rings. The van der Waals surface area contributed by atoms with Gasteiger partial charge in [-0.05, 0) is 27.7 Å². The number of halogens is 1. The van der Waals surface area contributed by atoms with Crippen LogP contribution in [-0.4, -0.2) is 44.0 Å². The number of fused-ring (bicyclic) bond motifs is 1. The molecule has 0 aliphatic heterocycles. The lowest BCUT2D eigenvalue weighted by molar-refractivity contribution is 0.777. The first-order chi connectivity index (χ1) is 9.56. The van der Waals surface area contributed by atoms with Gasteiger partial charge in [0.15, 0.2) is 9.99 Å². The maximum absolute atomic E-state index is 4.32. The zero-order valence-electron chi connectivity index (χ0n) is 10.9. The molecule has 0 saturated heterocycles. The van der Waals surface area contributed by atoms with E-state index >= 15 is 0 Å². The number of aromatic nitrogens is 6. The fourth-order valence-corrected chi connectivity index (χ4v) is 4.10. The van der Waals surface area contributed by atoms with Crippen LogP contribution in [0.4, 0.5) is 5.13 Å². The van der Waals surface area contributed by atoms with Crippen LogP contribution in [0.1, 0.15) is 0 Å². The first-order valence-corrected chi connectivity index (χ1v) is 8.00. The molecule has 0 radical (unpaired) electrons. The van der Waals surface area contributed by atoms with Crippen molar-refractivity contribution in [3.05, 3.63) is 10.9 Å². The van der Waals surface area contributed by atoms with Crippen molar-refractivity contribution in [1.82, 2.24) is 29.9 Å². The smallest absolute Gasteiger partial charge is 0.208 e. The van der Waals surface area contributed by atoms with Gasteiger partial charge in [-0.1, -0.05) is 11.3 Å². The van der Waals surface area contributed by atoms with Crippen molar-refractivity contribution in [2.45, 2.75) is 9.37 Å². The summed E-state index contributed by atoms with van der Waals surface area (Å²) < 4.78 is 3.29. The molecule has 7 nitrogen and oxygen atoms in total. The third kappa shape index (κ3) is 2.38. The van der Waals surface area contributed by atoms with Gasteiger partial charge in [0.2, 0.25) is 5.13 Å². The highest BCUT2D eigenvalue weighted by Crippen LogP contribution is 2.36. The van der Waals surface area contributed by atoms with Gasteiger partial charge in [0.1, 0.15) is 16.0 Å². The normalized spacial score (nSPS) is 11.2. The van der Waals surface area contributed by atoms with Crippen molar-refractivity contribution in [3.63, 3.8) is 0 Å². The van der Waals surface area contributed by atoms with E-state index in [9.17, 15) is 0 Å². The Morgan fingerprint density at radius 2 is 2.10 bits per heavy atom. The Labute approximate surface area is 131 Å². The van der Waals surface area contributed by atoms with Gasteiger partial charge in [0, 0.05) is 21.1 Å². The number of nitrogens with zero attached hydrogens (tertiary/aromatic N) is 7. The summed E-state index contributed by atoms with van der Waals surface area (Å²) in [6, 6.07) is 0. The minimum absolute atomic E-state index is 0.732. The highest BCUT2D eigenvalue weighted by atomic mass is 79.9. The molecule has 0 saturated carbocycles. The summed E-state index contributed by atoms with van der Waals surface area (Å²) in [5.41, 5.74) is 0.784. The summed E-state index contributed by atoms with van der Waals surface area (Å²) in [6.07, 6.45) is 1.53. The molecule has 0 atom stereocenters. The minimum Gasteiger partial charge on any atom is -0.353 e. The van der Waals surface area contributed by atoms with E-state index in [1.165, 1.54) is 29.4 Å². The zero-order valence-corrected chi connectivity index (χ0v) is 14.1. The average molecular weight is 372 g/mol. The largest absolute Gasteiger partial charge is 0.353 e. The molecule has 3 aromatic heterocycles. The van der Waals surface area contributed by atoms with Gasteiger partial charge in [-0.25, -0.2) is 14.6 Å². The molecule has 0 aliphatic carbocycles. The van der Waals surface area contributed by atoms with Gasteiger partial charge in [0.25, 0.3) is 0 Å². The number of aryl methyl sites for hydroxylation is 1. The third-order valence-corrected chi connectivity index (χ3v) is 5.21. The zero-order chi connectivity index (χ0) is 14.3. The Kier molecular flexibility index (Phi) is 3.61. The standard InChI is InChI=1S/C10H10BrN7S2/c1-17(2)9-14-15-10(20-9)19-8-5-6(11)16-18(3)7(5)12-4-13-8/h4H,1-3H3. The summed E-state index contributed by atoms with van der Waals surface area (Å²) in [4.78, 5) is 10.5. The van der Waals surface area contributed by atoms with Crippen molar-refractivity contribution in [3.8, 4) is 0 Å². The van der Waals surface area contributed by atoms with Crippen molar-refractivity contribution < 1.29 is 0 Å². The molecule has 3 rings (SSSR count). The van der Waals surface area contributed by atoms with Crippen LogP contribution in [0.5, 0.6) is 0 Å². The Morgan fingerprint density at radius 3 is 2.80 bits per heavy atom. The van der Waals surface area contributed by atoms with Crippen LogP contribution in [0.2, 0.25) is 0 Å². The number of hydrogen-bond acceptors (Lipinski definition) is 8. The van der Waals surface area contributed by atoms with E-state index in [1.54, 1.807) is 4.68 Å². The van der Waals surface area contributed by atoms with Crippen LogP contribution in [-0.2, 0) is 7.05 Å². The molecule has 0 N–H and O–H groups in total. The topological polar surface area (TPSA) is 72.6 Å². The monoisotopic (exact) mass is 371 g/mol. The maximum atomic E-state index is 4.32. The van der Waals surface area contributed by atoms with E-state index in [1.807, 2.05) is 26.0 Å². The summed E-state index contributed by atoms with van der Waals surface area (Å²) in [7, 11) is 5.73. The lowest BCUT2D eigenvalue weighted by Crippen LogP contribution is -2.07. The number of rotatable bonds is 3.